The largest absolute Gasteiger partial charge is 0.477 e. The number of aromatic amines is 1. The van der Waals surface area contributed by atoms with Crippen molar-refractivity contribution in [1.82, 2.24) is 4.98 Å². The van der Waals surface area contributed by atoms with Gasteiger partial charge in [0.2, 0.25) is 11.2 Å². The van der Waals surface area contributed by atoms with Crippen LogP contribution in [0, 0.1) is 15.9 Å². The molecule has 0 aliphatic heterocycles. The fraction of sp³-hybridized carbons (Fsp3) is 0. The first-order valence-electron chi connectivity index (χ1n) is 4.65. The number of carboxylic acids is 1. The zero-order valence-electron chi connectivity index (χ0n) is 8.64. The fourth-order valence-corrected chi connectivity index (χ4v) is 1.60. The van der Waals surface area contributed by atoms with Gasteiger partial charge in [-0.15, -0.1) is 0 Å². The number of halogens is 1. The number of carboxylic acid groups (broad SMARTS) is 1. The Balaban J connectivity index is 3.03. The van der Waals surface area contributed by atoms with E-state index in [0.717, 1.165) is 18.3 Å². The van der Waals surface area contributed by atoms with Crippen molar-refractivity contribution in [3.63, 3.8) is 0 Å². The van der Waals surface area contributed by atoms with Gasteiger partial charge in [0.05, 0.1) is 10.4 Å². The Hall–Kier alpha value is -2.77. The number of nitro benzene ring substituents is 1. The van der Waals surface area contributed by atoms with Gasteiger partial charge >= 0.3 is 11.7 Å². The number of fused-ring (bicyclic) bond motifs is 1. The molecule has 0 spiro atoms. The molecule has 0 aliphatic rings. The fourth-order valence-electron chi connectivity index (χ4n) is 1.60. The van der Waals surface area contributed by atoms with Crippen LogP contribution in [0.15, 0.2) is 23.1 Å². The molecule has 1 aromatic heterocycles. The lowest BCUT2D eigenvalue weighted by Crippen LogP contribution is -2.16. The van der Waals surface area contributed by atoms with Gasteiger partial charge in [-0.1, -0.05) is 0 Å². The lowest BCUT2D eigenvalue weighted by atomic mass is 10.1. The van der Waals surface area contributed by atoms with Crippen LogP contribution in [0.4, 0.5) is 10.1 Å². The molecule has 92 valence electrons. The highest BCUT2D eigenvalue weighted by Crippen LogP contribution is 2.24. The molecule has 7 nitrogen and oxygen atoms in total. The average Bonchev–Trinajstić information content (AvgIpc) is 2.29. The van der Waals surface area contributed by atoms with Gasteiger partial charge in [-0.05, 0) is 12.1 Å². The van der Waals surface area contributed by atoms with Crippen molar-refractivity contribution in [3.05, 3.63) is 50.0 Å². The molecule has 0 saturated carbocycles. The van der Waals surface area contributed by atoms with Crippen molar-refractivity contribution in [2.45, 2.75) is 0 Å². The van der Waals surface area contributed by atoms with Crippen LogP contribution in [0.2, 0.25) is 0 Å². The number of hydrogen-bond donors (Lipinski definition) is 2. The summed E-state index contributed by atoms with van der Waals surface area (Å²) >= 11 is 0. The molecule has 8 heteroatoms. The predicted molar refractivity (Wildman–Crippen MR) is 58.1 cm³/mol. The Morgan fingerprint density at radius 1 is 1.44 bits per heavy atom. The van der Waals surface area contributed by atoms with E-state index >= 15 is 0 Å². The molecule has 0 unspecified atom stereocenters. The number of rotatable bonds is 2. The number of benzene rings is 1. The molecule has 0 aliphatic carbocycles. The van der Waals surface area contributed by atoms with Crippen molar-refractivity contribution in [1.29, 1.82) is 0 Å². The first-order chi connectivity index (χ1) is 8.43. The first kappa shape index (κ1) is 11.7. The highest BCUT2D eigenvalue weighted by atomic mass is 19.1. The lowest BCUT2D eigenvalue weighted by molar-refractivity contribution is -0.385. The molecule has 0 fully saturated rings. The molecule has 1 aromatic carbocycles. The summed E-state index contributed by atoms with van der Waals surface area (Å²) in [5.74, 6) is -2.74. The van der Waals surface area contributed by atoms with Crippen LogP contribution in [0.5, 0.6) is 0 Å². The third kappa shape index (κ3) is 1.59. The SMILES string of the molecule is O=C(O)c1c[nH]c2ccc(F)c([N+](=O)[O-])c2c1=O. The second-order valence-electron chi connectivity index (χ2n) is 3.41. The molecule has 0 bridgehead atoms. The van der Waals surface area contributed by atoms with Gasteiger partial charge in [0, 0.05) is 6.20 Å². The Labute approximate surface area is 97.6 Å². The number of nitrogens with one attached hydrogen (secondary N) is 1. The number of hydrogen-bond acceptors (Lipinski definition) is 4. The summed E-state index contributed by atoms with van der Waals surface area (Å²) in [5, 5.41) is 18.9. The summed E-state index contributed by atoms with van der Waals surface area (Å²) in [4.78, 5) is 34.6. The van der Waals surface area contributed by atoms with E-state index in [4.69, 9.17) is 5.11 Å². The molecular weight excluding hydrogens is 247 g/mol. The van der Waals surface area contributed by atoms with Crippen molar-refractivity contribution < 1.29 is 19.2 Å². The summed E-state index contributed by atoms with van der Waals surface area (Å²) in [5.41, 5.74) is -2.81. The molecular formula is C10H5FN2O5. The van der Waals surface area contributed by atoms with E-state index in [2.05, 4.69) is 4.98 Å². The third-order valence-corrected chi connectivity index (χ3v) is 2.39. The van der Waals surface area contributed by atoms with E-state index in [0.29, 0.717) is 0 Å². The maximum absolute atomic E-state index is 13.3. The quantitative estimate of drug-likeness (QED) is 0.617. The molecule has 0 radical (unpaired) electrons. The number of nitrogens with zero attached hydrogens (tertiary/aromatic N) is 1. The van der Waals surface area contributed by atoms with Crippen LogP contribution in [0.1, 0.15) is 10.4 Å². The van der Waals surface area contributed by atoms with Crippen molar-refractivity contribution in [2.75, 3.05) is 0 Å². The number of aromatic carboxylic acids is 1. The minimum Gasteiger partial charge on any atom is -0.477 e. The number of aromatic nitrogens is 1. The molecule has 1 heterocycles. The van der Waals surface area contributed by atoms with Crippen LogP contribution in [-0.4, -0.2) is 21.0 Å². The minimum atomic E-state index is -1.54. The topological polar surface area (TPSA) is 113 Å². The van der Waals surface area contributed by atoms with Crippen molar-refractivity contribution >= 4 is 22.6 Å². The Bertz CT molecular complexity index is 737. The zero-order chi connectivity index (χ0) is 13.4. The van der Waals surface area contributed by atoms with E-state index < -0.39 is 38.8 Å². The smallest absolute Gasteiger partial charge is 0.341 e. The van der Waals surface area contributed by atoms with E-state index in [1.54, 1.807) is 0 Å². The Morgan fingerprint density at radius 3 is 2.67 bits per heavy atom. The van der Waals surface area contributed by atoms with Crippen LogP contribution in [-0.2, 0) is 0 Å². The first-order valence-corrected chi connectivity index (χ1v) is 4.65. The van der Waals surface area contributed by atoms with Gasteiger partial charge in [-0.3, -0.25) is 14.9 Å². The maximum Gasteiger partial charge on any atom is 0.341 e. The molecule has 2 rings (SSSR count). The predicted octanol–water partition coefficient (Wildman–Crippen LogP) is 1.27. The van der Waals surface area contributed by atoms with Gasteiger partial charge < -0.3 is 10.1 Å². The average molecular weight is 252 g/mol. The van der Waals surface area contributed by atoms with E-state index in [-0.39, 0.29) is 5.52 Å². The zero-order valence-corrected chi connectivity index (χ0v) is 8.64. The molecule has 2 aromatic rings. The van der Waals surface area contributed by atoms with Gasteiger partial charge in [0.1, 0.15) is 10.9 Å². The highest BCUT2D eigenvalue weighted by molar-refractivity contribution is 5.95. The highest BCUT2D eigenvalue weighted by Gasteiger charge is 2.24. The van der Waals surface area contributed by atoms with Crippen LogP contribution in [0.3, 0.4) is 0 Å². The van der Waals surface area contributed by atoms with Gasteiger partial charge in [0.25, 0.3) is 0 Å². The maximum atomic E-state index is 13.3. The lowest BCUT2D eigenvalue weighted by Gasteiger charge is -2.01. The Kier molecular flexibility index (Phi) is 2.55. The summed E-state index contributed by atoms with van der Waals surface area (Å²) in [7, 11) is 0. The second-order valence-corrected chi connectivity index (χ2v) is 3.41. The van der Waals surface area contributed by atoms with E-state index in [1.165, 1.54) is 0 Å². The van der Waals surface area contributed by atoms with Crippen LogP contribution in [0.25, 0.3) is 10.9 Å². The van der Waals surface area contributed by atoms with Gasteiger partial charge in [-0.2, -0.15) is 4.39 Å². The molecule has 18 heavy (non-hydrogen) atoms. The summed E-state index contributed by atoms with van der Waals surface area (Å²) in [6.45, 7) is 0. The molecule has 0 saturated heterocycles. The van der Waals surface area contributed by atoms with E-state index in [9.17, 15) is 24.1 Å². The molecule has 0 atom stereocenters. The van der Waals surface area contributed by atoms with Crippen LogP contribution >= 0.6 is 0 Å². The van der Waals surface area contributed by atoms with Crippen molar-refractivity contribution in [3.8, 4) is 0 Å². The number of carbonyl (C=O) groups is 1. The molecule has 2 N–H and O–H groups in total. The summed E-state index contributed by atoms with van der Waals surface area (Å²) in [6, 6.07) is 1.96. The standard InChI is InChI=1S/C10H5FN2O5/c11-5-1-2-6-7(8(5)13(17)18)9(14)4(3-12-6)10(15)16/h1-3H,(H,12,14)(H,15,16). The Morgan fingerprint density at radius 2 is 2.11 bits per heavy atom. The van der Waals surface area contributed by atoms with Gasteiger partial charge in [0.15, 0.2) is 0 Å². The van der Waals surface area contributed by atoms with Crippen LogP contribution < -0.4 is 5.43 Å². The monoisotopic (exact) mass is 252 g/mol. The second kappa shape index (κ2) is 3.91. The number of nitro groups is 1. The normalized spacial score (nSPS) is 10.5. The number of H-pyrrole nitrogens is 1. The molecule has 0 amide bonds. The van der Waals surface area contributed by atoms with E-state index in [1.807, 2.05) is 0 Å². The third-order valence-electron chi connectivity index (χ3n) is 2.39. The van der Waals surface area contributed by atoms with Crippen molar-refractivity contribution in [2.24, 2.45) is 0 Å². The summed E-state index contributed by atoms with van der Waals surface area (Å²) < 4.78 is 13.3. The number of pyridine rings is 1. The minimum absolute atomic E-state index is 0.00176. The summed E-state index contributed by atoms with van der Waals surface area (Å²) in [6.07, 6.45) is 0.911. The van der Waals surface area contributed by atoms with Gasteiger partial charge in [-0.25, -0.2) is 4.79 Å².